The summed E-state index contributed by atoms with van der Waals surface area (Å²) in [5.74, 6) is 2.07. The van der Waals surface area contributed by atoms with Crippen molar-refractivity contribution in [3.8, 4) is 23.0 Å². The van der Waals surface area contributed by atoms with Crippen LogP contribution in [0.2, 0.25) is 5.02 Å². The van der Waals surface area contributed by atoms with E-state index in [1.54, 1.807) is 44.4 Å². The minimum absolute atomic E-state index is 0.287. The van der Waals surface area contributed by atoms with E-state index >= 15 is 0 Å². The van der Waals surface area contributed by atoms with E-state index in [0.717, 1.165) is 25.0 Å². The lowest BCUT2D eigenvalue weighted by atomic mass is 9.91. The second-order valence-corrected chi connectivity index (χ2v) is 8.18. The first-order chi connectivity index (χ1) is 15.5. The van der Waals surface area contributed by atoms with Gasteiger partial charge < -0.3 is 19.5 Å². The third-order valence-corrected chi connectivity index (χ3v) is 5.75. The van der Waals surface area contributed by atoms with Crippen molar-refractivity contribution in [1.82, 2.24) is 0 Å². The number of amides is 1. The molecule has 166 valence electrons. The highest BCUT2D eigenvalue weighted by Crippen LogP contribution is 2.36. The van der Waals surface area contributed by atoms with E-state index < -0.39 is 6.10 Å². The molecule has 0 radical (unpaired) electrons. The Bertz CT molecular complexity index is 1110. The van der Waals surface area contributed by atoms with Crippen molar-refractivity contribution in [3.05, 3.63) is 76.8 Å². The standard InChI is InChI=1S/C26H26ClNO4/c1-17(31-22-13-7-9-18-8-3-4-10-20(18)22)26(29)28-21-16-19(27)14-15-23(21)32-25-12-6-5-11-24(25)30-2/h5-7,9,11-17H,3-4,8,10H2,1-2H3,(H,28,29)/t17-/m1/s1. The van der Waals surface area contributed by atoms with Crippen LogP contribution in [0, 0.1) is 0 Å². The Morgan fingerprint density at radius 2 is 1.69 bits per heavy atom. The smallest absolute Gasteiger partial charge is 0.265 e. The van der Waals surface area contributed by atoms with Crippen molar-refractivity contribution in [2.45, 2.75) is 38.7 Å². The Balaban J connectivity index is 1.51. The van der Waals surface area contributed by atoms with Crippen molar-refractivity contribution in [2.75, 3.05) is 12.4 Å². The summed E-state index contributed by atoms with van der Waals surface area (Å²) in [7, 11) is 1.58. The number of anilines is 1. The van der Waals surface area contributed by atoms with Crippen LogP contribution < -0.4 is 19.5 Å². The largest absolute Gasteiger partial charge is 0.493 e. The number of rotatable bonds is 7. The third-order valence-electron chi connectivity index (χ3n) is 5.51. The zero-order valence-corrected chi connectivity index (χ0v) is 18.9. The van der Waals surface area contributed by atoms with Crippen LogP contribution in [0.25, 0.3) is 0 Å². The van der Waals surface area contributed by atoms with Gasteiger partial charge in [-0.05, 0) is 80.1 Å². The predicted molar refractivity (Wildman–Crippen MR) is 126 cm³/mol. The van der Waals surface area contributed by atoms with Gasteiger partial charge in [0, 0.05) is 5.02 Å². The van der Waals surface area contributed by atoms with E-state index in [9.17, 15) is 4.79 Å². The van der Waals surface area contributed by atoms with Crippen molar-refractivity contribution in [3.63, 3.8) is 0 Å². The van der Waals surface area contributed by atoms with Crippen LogP contribution in [-0.2, 0) is 17.6 Å². The van der Waals surface area contributed by atoms with Gasteiger partial charge in [-0.3, -0.25) is 4.79 Å². The number of aryl methyl sites for hydroxylation is 1. The first kappa shape index (κ1) is 22.0. The van der Waals surface area contributed by atoms with E-state index in [4.69, 9.17) is 25.8 Å². The van der Waals surface area contributed by atoms with E-state index in [2.05, 4.69) is 11.4 Å². The predicted octanol–water partition coefficient (Wildman–Crippen LogP) is 6.43. The molecule has 5 nitrogen and oxygen atoms in total. The van der Waals surface area contributed by atoms with Crippen LogP contribution in [0.4, 0.5) is 5.69 Å². The number of benzene rings is 3. The second-order valence-electron chi connectivity index (χ2n) is 7.74. The summed E-state index contributed by atoms with van der Waals surface area (Å²) in [6, 6.07) is 18.4. The lowest BCUT2D eigenvalue weighted by Crippen LogP contribution is -2.30. The number of para-hydroxylation sites is 2. The summed E-state index contributed by atoms with van der Waals surface area (Å²) in [5, 5.41) is 3.38. The number of hydrogen-bond acceptors (Lipinski definition) is 4. The van der Waals surface area contributed by atoms with Crippen molar-refractivity contribution < 1.29 is 19.0 Å². The van der Waals surface area contributed by atoms with Gasteiger partial charge in [-0.25, -0.2) is 0 Å². The molecule has 1 aliphatic rings. The highest BCUT2D eigenvalue weighted by Gasteiger charge is 2.21. The monoisotopic (exact) mass is 451 g/mol. The molecule has 0 bridgehead atoms. The lowest BCUT2D eigenvalue weighted by Gasteiger charge is -2.22. The highest BCUT2D eigenvalue weighted by atomic mass is 35.5. The zero-order chi connectivity index (χ0) is 22.5. The minimum Gasteiger partial charge on any atom is -0.493 e. The molecule has 0 spiro atoms. The van der Waals surface area contributed by atoms with E-state index in [0.29, 0.717) is 28.0 Å². The first-order valence-electron chi connectivity index (χ1n) is 10.7. The average Bonchev–Trinajstić information content (AvgIpc) is 2.81. The molecule has 0 heterocycles. The molecule has 0 aliphatic heterocycles. The summed E-state index contributed by atoms with van der Waals surface area (Å²) in [6.07, 6.45) is 3.67. The Labute approximate surface area is 193 Å². The van der Waals surface area contributed by atoms with E-state index in [-0.39, 0.29) is 5.91 Å². The number of halogens is 1. The van der Waals surface area contributed by atoms with Crippen molar-refractivity contribution in [2.24, 2.45) is 0 Å². The molecule has 1 N–H and O–H groups in total. The fourth-order valence-corrected chi connectivity index (χ4v) is 4.02. The van der Waals surface area contributed by atoms with E-state index in [1.165, 1.54) is 17.5 Å². The number of carbonyl (C=O) groups excluding carboxylic acids is 1. The zero-order valence-electron chi connectivity index (χ0n) is 18.2. The molecule has 3 aromatic carbocycles. The molecule has 0 saturated heterocycles. The Morgan fingerprint density at radius 1 is 0.938 bits per heavy atom. The summed E-state index contributed by atoms with van der Waals surface area (Å²) in [4.78, 5) is 13.0. The fourth-order valence-electron chi connectivity index (χ4n) is 3.85. The van der Waals surface area contributed by atoms with E-state index in [1.807, 2.05) is 24.3 Å². The van der Waals surface area contributed by atoms with Gasteiger partial charge in [0.25, 0.3) is 5.91 Å². The molecule has 0 unspecified atom stereocenters. The van der Waals surface area contributed by atoms with Crippen molar-refractivity contribution in [1.29, 1.82) is 0 Å². The molecule has 3 aromatic rings. The van der Waals surface area contributed by atoms with Crippen LogP contribution in [-0.4, -0.2) is 19.1 Å². The Hall–Kier alpha value is -3.18. The number of ether oxygens (including phenoxy) is 3. The Kier molecular flexibility index (Phi) is 6.86. The number of methoxy groups -OCH3 is 1. The number of hydrogen-bond donors (Lipinski definition) is 1. The van der Waals surface area contributed by atoms with Gasteiger partial charge in [0.15, 0.2) is 23.4 Å². The van der Waals surface area contributed by atoms with Gasteiger partial charge in [-0.2, -0.15) is 0 Å². The molecular formula is C26H26ClNO4. The number of nitrogens with one attached hydrogen (secondary N) is 1. The molecule has 0 saturated carbocycles. The molecule has 1 atom stereocenters. The second kappa shape index (κ2) is 9.96. The van der Waals surface area contributed by atoms with Gasteiger partial charge in [-0.1, -0.05) is 35.9 Å². The molecule has 1 amide bonds. The van der Waals surface area contributed by atoms with Crippen LogP contribution in [0.15, 0.2) is 60.7 Å². The first-order valence-corrected chi connectivity index (χ1v) is 11.1. The minimum atomic E-state index is -0.693. The number of fused-ring (bicyclic) bond motifs is 1. The van der Waals surface area contributed by atoms with Gasteiger partial charge >= 0.3 is 0 Å². The molecule has 4 rings (SSSR count). The lowest BCUT2D eigenvalue weighted by molar-refractivity contribution is -0.122. The van der Waals surface area contributed by atoms with Crippen molar-refractivity contribution >= 4 is 23.2 Å². The molecular weight excluding hydrogens is 426 g/mol. The summed E-state index contributed by atoms with van der Waals surface area (Å²) in [5.41, 5.74) is 2.98. The highest BCUT2D eigenvalue weighted by molar-refractivity contribution is 6.31. The quantitative estimate of drug-likeness (QED) is 0.450. The topological polar surface area (TPSA) is 56.8 Å². The number of carbonyl (C=O) groups is 1. The fraction of sp³-hybridized carbons (Fsp3) is 0.269. The van der Waals surface area contributed by atoms with Crippen LogP contribution in [0.5, 0.6) is 23.0 Å². The maximum Gasteiger partial charge on any atom is 0.265 e. The molecule has 0 aromatic heterocycles. The summed E-state index contributed by atoms with van der Waals surface area (Å²) in [6.45, 7) is 1.74. The molecule has 1 aliphatic carbocycles. The van der Waals surface area contributed by atoms with Crippen LogP contribution >= 0.6 is 11.6 Å². The normalized spacial score (nSPS) is 13.6. The van der Waals surface area contributed by atoms with Gasteiger partial charge in [0.2, 0.25) is 0 Å². The summed E-state index contributed by atoms with van der Waals surface area (Å²) >= 11 is 6.19. The molecule has 6 heteroatoms. The van der Waals surface area contributed by atoms with Crippen LogP contribution in [0.3, 0.4) is 0 Å². The third kappa shape index (κ3) is 5.00. The van der Waals surface area contributed by atoms with Gasteiger partial charge in [-0.15, -0.1) is 0 Å². The maximum absolute atomic E-state index is 13.0. The van der Waals surface area contributed by atoms with Crippen LogP contribution in [0.1, 0.15) is 30.9 Å². The molecule has 0 fully saturated rings. The SMILES string of the molecule is COc1ccccc1Oc1ccc(Cl)cc1NC(=O)[C@@H](C)Oc1cccc2c1CCCC2. The van der Waals surface area contributed by atoms with Gasteiger partial charge in [0.05, 0.1) is 12.8 Å². The van der Waals surface area contributed by atoms with Gasteiger partial charge in [0.1, 0.15) is 5.75 Å². The maximum atomic E-state index is 13.0. The average molecular weight is 452 g/mol. The summed E-state index contributed by atoms with van der Waals surface area (Å²) < 4.78 is 17.4. The molecule has 32 heavy (non-hydrogen) atoms. The Morgan fingerprint density at radius 3 is 2.50 bits per heavy atom.